The number of ether oxygens (including phenoxy) is 1. The van der Waals surface area contributed by atoms with Gasteiger partial charge in [0.25, 0.3) is 0 Å². The quantitative estimate of drug-likeness (QED) is 0.857. The minimum atomic E-state index is -4.67. The summed E-state index contributed by atoms with van der Waals surface area (Å²) in [6.45, 7) is 5.32. The fourth-order valence-corrected chi connectivity index (χ4v) is 3.08. The summed E-state index contributed by atoms with van der Waals surface area (Å²) in [5, 5.41) is 9.63. The average molecular weight is 359 g/mol. The number of amides is 1. The zero-order chi connectivity index (χ0) is 18.8. The van der Waals surface area contributed by atoms with Crippen LogP contribution in [0.2, 0.25) is 0 Å². The van der Waals surface area contributed by atoms with Gasteiger partial charge >= 0.3 is 12.3 Å². The molecule has 1 amide bonds. The molecule has 0 saturated carbocycles. The number of alkyl halides is 3. The molecule has 1 saturated heterocycles. The van der Waals surface area contributed by atoms with Crippen LogP contribution in [0.4, 0.5) is 18.0 Å². The number of aliphatic hydroxyl groups excluding tert-OH is 1. The van der Waals surface area contributed by atoms with E-state index >= 15 is 0 Å². The van der Waals surface area contributed by atoms with Crippen molar-refractivity contribution >= 4 is 6.09 Å². The Morgan fingerprint density at radius 3 is 2.36 bits per heavy atom. The van der Waals surface area contributed by atoms with E-state index in [1.807, 2.05) is 0 Å². The van der Waals surface area contributed by atoms with Gasteiger partial charge in [0, 0.05) is 6.54 Å². The summed E-state index contributed by atoms with van der Waals surface area (Å²) in [6, 6.07) is 8.31. The number of likely N-dealkylation sites (tertiary alicyclic amines) is 1. The standard InChI is InChI=1S/C18H24F3NO3/c1-17(2,3)25-16(24)22-10-9-13(15(23)18(19,20)21)11-14(22)12-7-5-4-6-8-12/h4-8,13-15,23H,9-11H2,1-3H3/t13-,14+,15?/m1/s1. The molecule has 0 bridgehead atoms. The number of halogens is 3. The van der Waals surface area contributed by atoms with Crippen LogP contribution in [-0.2, 0) is 4.74 Å². The first-order valence-corrected chi connectivity index (χ1v) is 8.28. The molecule has 2 rings (SSSR count). The van der Waals surface area contributed by atoms with Crippen LogP contribution < -0.4 is 0 Å². The highest BCUT2D eigenvalue weighted by Crippen LogP contribution is 2.40. The Labute approximate surface area is 145 Å². The minimum absolute atomic E-state index is 0.0317. The lowest BCUT2D eigenvalue weighted by atomic mass is 9.83. The maximum absolute atomic E-state index is 12.9. The van der Waals surface area contributed by atoms with Crippen molar-refractivity contribution in [2.24, 2.45) is 5.92 Å². The largest absolute Gasteiger partial charge is 0.444 e. The van der Waals surface area contributed by atoms with Crippen LogP contribution in [-0.4, -0.2) is 40.5 Å². The highest BCUT2D eigenvalue weighted by atomic mass is 19.4. The second-order valence-electron chi connectivity index (χ2n) is 7.37. The molecule has 25 heavy (non-hydrogen) atoms. The molecule has 1 fully saturated rings. The molecule has 1 aromatic rings. The molecule has 1 aliphatic heterocycles. The van der Waals surface area contributed by atoms with Crippen molar-refractivity contribution in [3.05, 3.63) is 35.9 Å². The molecule has 0 radical (unpaired) electrons. The van der Waals surface area contributed by atoms with E-state index in [2.05, 4.69) is 0 Å². The monoisotopic (exact) mass is 359 g/mol. The van der Waals surface area contributed by atoms with Gasteiger partial charge in [0.2, 0.25) is 0 Å². The summed E-state index contributed by atoms with van der Waals surface area (Å²) >= 11 is 0. The Bertz CT molecular complexity index is 583. The number of hydrogen-bond acceptors (Lipinski definition) is 3. The molecule has 140 valence electrons. The number of carbonyl (C=O) groups excluding carboxylic acids is 1. The van der Waals surface area contributed by atoms with E-state index in [4.69, 9.17) is 4.74 Å². The van der Waals surface area contributed by atoms with E-state index in [0.29, 0.717) is 0 Å². The van der Waals surface area contributed by atoms with E-state index in [1.165, 1.54) is 4.90 Å². The van der Waals surface area contributed by atoms with Crippen LogP contribution in [0.5, 0.6) is 0 Å². The number of aliphatic hydroxyl groups is 1. The molecule has 7 heteroatoms. The van der Waals surface area contributed by atoms with Gasteiger partial charge in [-0.2, -0.15) is 13.2 Å². The summed E-state index contributed by atoms with van der Waals surface area (Å²) in [5.74, 6) is -0.955. The number of carbonyl (C=O) groups is 1. The topological polar surface area (TPSA) is 49.8 Å². The summed E-state index contributed by atoms with van der Waals surface area (Å²) in [6.07, 6.45) is -7.51. The van der Waals surface area contributed by atoms with Gasteiger partial charge < -0.3 is 14.7 Å². The summed E-state index contributed by atoms with van der Waals surface area (Å²) in [4.78, 5) is 13.9. The zero-order valence-electron chi connectivity index (χ0n) is 14.6. The number of rotatable bonds is 2. The molecule has 1 N–H and O–H groups in total. The summed E-state index contributed by atoms with van der Waals surface area (Å²) < 4.78 is 44.1. The molecular weight excluding hydrogens is 335 g/mol. The van der Waals surface area contributed by atoms with Gasteiger partial charge in [0.15, 0.2) is 6.10 Å². The molecule has 4 nitrogen and oxygen atoms in total. The molecule has 0 aromatic heterocycles. The van der Waals surface area contributed by atoms with Gasteiger partial charge in [-0.3, -0.25) is 0 Å². The maximum atomic E-state index is 12.9. The SMILES string of the molecule is CC(C)(C)OC(=O)N1CC[C@@H](C(O)C(F)(F)F)C[C@H]1c1ccccc1. The Kier molecular flexibility index (Phi) is 5.66. The molecule has 1 unspecified atom stereocenters. The van der Waals surface area contributed by atoms with Gasteiger partial charge in [-0.1, -0.05) is 30.3 Å². The van der Waals surface area contributed by atoms with Crippen molar-refractivity contribution in [2.75, 3.05) is 6.54 Å². The lowest BCUT2D eigenvalue weighted by Gasteiger charge is -2.41. The number of nitrogens with zero attached hydrogens (tertiary/aromatic N) is 1. The van der Waals surface area contributed by atoms with Crippen molar-refractivity contribution in [1.82, 2.24) is 4.90 Å². The van der Waals surface area contributed by atoms with Crippen molar-refractivity contribution in [3.63, 3.8) is 0 Å². The lowest BCUT2D eigenvalue weighted by molar-refractivity contribution is -0.224. The first-order valence-electron chi connectivity index (χ1n) is 8.28. The summed E-state index contributed by atoms with van der Waals surface area (Å²) in [5.41, 5.74) is 0.0353. The minimum Gasteiger partial charge on any atom is -0.444 e. The van der Waals surface area contributed by atoms with E-state index in [-0.39, 0.29) is 19.4 Å². The Morgan fingerprint density at radius 1 is 1.24 bits per heavy atom. The van der Waals surface area contributed by atoms with Crippen LogP contribution in [0.25, 0.3) is 0 Å². The second-order valence-corrected chi connectivity index (χ2v) is 7.37. The highest BCUT2D eigenvalue weighted by molar-refractivity contribution is 5.69. The van der Waals surface area contributed by atoms with Crippen molar-refractivity contribution in [2.45, 2.75) is 57.5 Å². The Morgan fingerprint density at radius 2 is 1.84 bits per heavy atom. The van der Waals surface area contributed by atoms with Gasteiger partial charge in [0.1, 0.15) is 5.60 Å². The Hall–Kier alpha value is -1.76. The number of benzene rings is 1. The molecule has 3 atom stereocenters. The summed E-state index contributed by atoms with van der Waals surface area (Å²) in [7, 11) is 0. The number of hydrogen-bond donors (Lipinski definition) is 1. The van der Waals surface area contributed by atoms with Crippen LogP contribution in [0.1, 0.15) is 45.2 Å². The average Bonchev–Trinajstić information content (AvgIpc) is 2.52. The molecule has 0 spiro atoms. The van der Waals surface area contributed by atoms with E-state index < -0.39 is 35.9 Å². The van der Waals surface area contributed by atoms with Crippen molar-refractivity contribution < 1.29 is 27.8 Å². The molecule has 1 aromatic carbocycles. The molecular formula is C18H24F3NO3. The highest BCUT2D eigenvalue weighted by Gasteiger charge is 2.47. The fourth-order valence-electron chi connectivity index (χ4n) is 3.08. The third kappa shape index (κ3) is 5.11. The molecule has 1 heterocycles. The maximum Gasteiger partial charge on any atom is 0.414 e. The van der Waals surface area contributed by atoms with E-state index in [9.17, 15) is 23.1 Å². The van der Waals surface area contributed by atoms with Crippen LogP contribution in [0.15, 0.2) is 30.3 Å². The van der Waals surface area contributed by atoms with E-state index in [0.717, 1.165) is 5.56 Å². The second kappa shape index (κ2) is 7.23. The Balaban J connectivity index is 2.25. The molecule has 0 aliphatic carbocycles. The first kappa shape index (κ1) is 19.6. The van der Waals surface area contributed by atoms with Crippen LogP contribution in [0.3, 0.4) is 0 Å². The number of piperidine rings is 1. The van der Waals surface area contributed by atoms with Gasteiger partial charge in [-0.15, -0.1) is 0 Å². The molecule has 1 aliphatic rings. The normalized spacial score (nSPS) is 23.2. The predicted molar refractivity (Wildman–Crippen MR) is 86.9 cm³/mol. The van der Waals surface area contributed by atoms with Crippen molar-refractivity contribution in [1.29, 1.82) is 0 Å². The van der Waals surface area contributed by atoms with Gasteiger partial charge in [0.05, 0.1) is 6.04 Å². The van der Waals surface area contributed by atoms with Crippen LogP contribution >= 0.6 is 0 Å². The van der Waals surface area contributed by atoms with Gasteiger partial charge in [-0.25, -0.2) is 4.79 Å². The fraction of sp³-hybridized carbons (Fsp3) is 0.611. The lowest BCUT2D eigenvalue weighted by Crippen LogP contribution is -2.48. The van der Waals surface area contributed by atoms with Crippen molar-refractivity contribution in [3.8, 4) is 0 Å². The smallest absolute Gasteiger partial charge is 0.414 e. The predicted octanol–water partition coefficient (Wildman–Crippen LogP) is 4.30. The van der Waals surface area contributed by atoms with E-state index in [1.54, 1.807) is 51.1 Å². The van der Waals surface area contributed by atoms with Crippen LogP contribution in [0, 0.1) is 5.92 Å². The first-order chi connectivity index (χ1) is 11.5. The van der Waals surface area contributed by atoms with Gasteiger partial charge in [-0.05, 0) is 45.1 Å². The zero-order valence-corrected chi connectivity index (χ0v) is 14.6. The third-order valence-electron chi connectivity index (χ3n) is 4.24. The third-order valence-corrected chi connectivity index (χ3v) is 4.24.